The molecule has 1 aliphatic rings. The zero-order valence-electron chi connectivity index (χ0n) is 15.2. The third-order valence-electron chi connectivity index (χ3n) is 4.60. The molecule has 140 valence electrons. The molecule has 0 spiro atoms. The number of sulfonamides is 1. The molecule has 0 atom stereocenters. The lowest BCUT2D eigenvalue weighted by Gasteiger charge is -2.30. The smallest absolute Gasteiger partial charge is 0.211 e. The van der Waals surface area contributed by atoms with Crippen molar-refractivity contribution < 1.29 is 8.42 Å². The Kier molecular flexibility index (Phi) is 7.71. The molecule has 2 N–H and O–H groups in total. The van der Waals surface area contributed by atoms with E-state index in [9.17, 15) is 8.42 Å². The second kappa shape index (κ2) is 9.77. The highest BCUT2D eigenvalue weighted by Gasteiger charge is 2.24. The van der Waals surface area contributed by atoms with Crippen molar-refractivity contribution in [3.05, 3.63) is 35.9 Å². The van der Waals surface area contributed by atoms with E-state index in [0.29, 0.717) is 19.0 Å². The predicted molar refractivity (Wildman–Crippen MR) is 103 cm³/mol. The minimum Gasteiger partial charge on any atom is -0.356 e. The summed E-state index contributed by atoms with van der Waals surface area (Å²) in [4.78, 5) is 4.26. The minimum atomic E-state index is -3.05. The van der Waals surface area contributed by atoms with E-state index in [1.807, 2.05) is 6.07 Å². The standard InChI is InChI=1S/C18H30N4O2S/c1-19-18(20-12-6-9-16-7-4-3-5-8-16)21-15-17-10-13-22(14-11-17)25(2,23)24/h3-5,7-8,17H,6,9-15H2,1-2H3,(H2,19,20,21). The third kappa shape index (κ3) is 7.04. The molecule has 1 saturated heterocycles. The second-order valence-electron chi connectivity index (χ2n) is 6.57. The van der Waals surface area contributed by atoms with Gasteiger partial charge in [-0.05, 0) is 37.2 Å². The molecule has 1 heterocycles. The topological polar surface area (TPSA) is 73.8 Å². The van der Waals surface area contributed by atoms with Crippen LogP contribution in [0.5, 0.6) is 0 Å². The molecule has 1 aliphatic heterocycles. The molecule has 0 amide bonds. The van der Waals surface area contributed by atoms with E-state index in [1.165, 1.54) is 11.8 Å². The van der Waals surface area contributed by atoms with Crippen LogP contribution in [0.1, 0.15) is 24.8 Å². The molecule has 1 aromatic rings. The molecule has 0 bridgehead atoms. The molecule has 6 nitrogen and oxygen atoms in total. The Bertz CT molecular complexity index is 638. The second-order valence-corrected chi connectivity index (χ2v) is 8.56. The molecule has 2 rings (SSSR count). The summed E-state index contributed by atoms with van der Waals surface area (Å²) in [6.07, 6.45) is 5.18. The number of benzene rings is 1. The molecular weight excluding hydrogens is 336 g/mol. The first-order valence-electron chi connectivity index (χ1n) is 8.92. The molecule has 0 radical (unpaired) electrons. The maximum atomic E-state index is 11.5. The van der Waals surface area contributed by atoms with Gasteiger partial charge in [0.25, 0.3) is 0 Å². The third-order valence-corrected chi connectivity index (χ3v) is 5.90. The Morgan fingerprint density at radius 2 is 1.88 bits per heavy atom. The number of nitrogens with zero attached hydrogens (tertiary/aromatic N) is 2. The molecule has 0 saturated carbocycles. The molecular formula is C18H30N4O2S. The number of hydrogen-bond donors (Lipinski definition) is 2. The van der Waals surface area contributed by atoms with Crippen LogP contribution in [-0.4, -0.2) is 58.2 Å². The van der Waals surface area contributed by atoms with Crippen molar-refractivity contribution in [3.63, 3.8) is 0 Å². The highest BCUT2D eigenvalue weighted by atomic mass is 32.2. The van der Waals surface area contributed by atoms with Gasteiger partial charge in [-0.3, -0.25) is 4.99 Å². The highest BCUT2D eigenvalue weighted by molar-refractivity contribution is 7.88. The number of aliphatic imine (C=N–C) groups is 1. The maximum absolute atomic E-state index is 11.5. The quantitative estimate of drug-likeness (QED) is 0.435. The van der Waals surface area contributed by atoms with E-state index in [2.05, 4.69) is 39.9 Å². The summed E-state index contributed by atoms with van der Waals surface area (Å²) < 4.78 is 24.6. The van der Waals surface area contributed by atoms with Crippen LogP contribution < -0.4 is 10.6 Å². The van der Waals surface area contributed by atoms with Gasteiger partial charge < -0.3 is 10.6 Å². The van der Waals surface area contributed by atoms with Crippen LogP contribution in [0.4, 0.5) is 0 Å². The van der Waals surface area contributed by atoms with E-state index in [4.69, 9.17) is 0 Å². The van der Waals surface area contributed by atoms with E-state index in [0.717, 1.165) is 44.7 Å². The largest absolute Gasteiger partial charge is 0.356 e. The molecule has 25 heavy (non-hydrogen) atoms. The Hall–Kier alpha value is -1.60. The average Bonchev–Trinajstić information content (AvgIpc) is 2.61. The summed E-state index contributed by atoms with van der Waals surface area (Å²) in [7, 11) is -1.27. The fourth-order valence-corrected chi connectivity index (χ4v) is 3.92. The first kappa shape index (κ1) is 19.7. The first-order chi connectivity index (χ1) is 12.0. The van der Waals surface area contributed by atoms with Gasteiger partial charge in [-0.1, -0.05) is 30.3 Å². The van der Waals surface area contributed by atoms with Gasteiger partial charge in [0.05, 0.1) is 6.26 Å². The molecule has 1 aromatic carbocycles. The van der Waals surface area contributed by atoms with Gasteiger partial charge in [-0.15, -0.1) is 0 Å². The van der Waals surface area contributed by atoms with Crippen molar-refractivity contribution >= 4 is 16.0 Å². The average molecular weight is 367 g/mol. The van der Waals surface area contributed by atoms with Crippen LogP contribution in [0.15, 0.2) is 35.3 Å². The molecule has 0 aliphatic carbocycles. The molecule has 1 fully saturated rings. The van der Waals surface area contributed by atoms with Crippen LogP contribution in [-0.2, 0) is 16.4 Å². The zero-order chi connectivity index (χ0) is 18.1. The Morgan fingerprint density at radius 3 is 2.48 bits per heavy atom. The number of guanidine groups is 1. The van der Waals surface area contributed by atoms with Gasteiger partial charge in [-0.2, -0.15) is 0 Å². The fourth-order valence-electron chi connectivity index (χ4n) is 3.05. The van der Waals surface area contributed by atoms with Crippen LogP contribution in [0.3, 0.4) is 0 Å². The minimum absolute atomic E-state index is 0.487. The molecule has 0 unspecified atom stereocenters. The normalized spacial score (nSPS) is 17.4. The van der Waals surface area contributed by atoms with Crippen molar-refractivity contribution in [1.29, 1.82) is 0 Å². The monoisotopic (exact) mass is 366 g/mol. The highest BCUT2D eigenvalue weighted by Crippen LogP contribution is 2.18. The lowest BCUT2D eigenvalue weighted by Crippen LogP contribution is -2.44. The maximum Gasteiger partial charge on any atom is 0.211 e. The van der Waals surface area contributed by atoms with E-state index >= 15 is 0 Å². The molecule has 7 heteroatoms. The predicted octanol–water partition coefficient (Wildman–Crippen LogP) is 1.46. The van der Waals surface area contributed by atoms with Crippen molar-refractivity contribution in [1.82, 2.24) is 14.9 Å². The summed E-state index contributed by atoms with van der Waals surface area (Å²) in [5.74, 6) is 1.31. The van der Waals surface area contributed by atoms with Crippen molar-refractivity contribution in [2.75, 3.05) is 39.5 Å². The van der Waals surface area contributed by atoms with Gasteiger partial charge in [0.1, 0.15) is 0 Å². The van der Waals surface area contributed by atoms with E-state index in [-0.39, 0.29) is 0 Å². The molecule has 0 aromatic heterocycles. The Labute approximate surface area is 151 Å². The van der Waals surface area contributed by atoms with Crippen molar-refractivity contribution in [2.45, 2.75) is 25.7 Å². The SMILES string of the molecule is CN=C(NCCCc1ccccc1)NCC1CCN(S(C)(=O)=O)CC1. The summed E-state index contributed by atoms with van der Waals surface area (Å²) in [5, 5.41) is 6.71. The number of hydrogen-bond acceptors (Lipinski definition) is 3. The Balaban J connectivity index is 1.62. The van der Waals surface area contributed by atoms with Gasteiger partial charge in [0, 0.05) is 33.2 Å². The fraction of sp³-hybridized carbons (Fsp3) is 0.611. The van der Waals surface area contributed by atoms with Crippen LogP contribution in [0.2, 0.25) is 0 Å². The van der Waals surface area contributed by atoms with E-state index < -0.39 is 10.0 Å². The lowest BCUT2D eigenvalue weighted by atomic mass is 9.98. The number of nitrogens with one attached hydrogen (secondary N) is 2. The van der Waals surface area contributed by atoms with Gasteiger partial charge >= 0.3 is 0 Å². The first-order valence-corrected chi connectivity index (χ1v) is 10.8. The van der Waals surface area contributed by atoms with Crippen molar-refractivity contribution in [2.24, 2.45) is 10.9 Å². The van der Waals surface area contributed by atoms with Crippen LogP contribution in [0, 0.1) is 5.92 Å². The van der Waals surface area contributed by atoms with Crippen LogP contribution >= 0.6 is 0 Å². The van der Waals surface area contributed by atoms with E-state index in [1.54, 1.807) is 11.4 Å². The summed E-state index contributed by atoms with van der Waals surface area (Å²) in [6, 6.07) is 10.5. The van der Waals surface area contributed by atoms with Gasteiger partial charge in [0.2, 0.25) is 10.0 Å². The van der Waals surface area contributed by atoms with Gasteiger partial charge in [0.15, 0.2) is 5.96 Å². The lowest BCUT2D eigenvalue weighted by molar-refractivity contribution is 0.275. The zero-order valence-corrected chi connectivity index (χ0v) is 16.1. The number of piperidine rings is 1. The number of aryl methyl sites for hydroxylation is 1. The summed E-state index contributed by atoms with van der Waals surface area (Å²) in [6.45, 7) is 2.94. The van der Waals surface area contributed by atoms with Crippen molar-refractivity contribution in [3.8, 4) is 0 Å². The number of rotatable bonds is 7. The Morgan fingerprint density at radius 1 is 1.20 bits per heavy atom. The van der Waals surface area contributed by atoms with Crippen LogP contribution in [0.25, 0.3) is 0 Å². The van der Waals surface area contributed by atoms with Gasteiger partial charge in [-0.25, -0.2) is 12.7 Å². The summed E-state index contributed by atoms with van der Waals surface area (Å²) in [5.41, 5.74) is 1.35. The summed E-state index contributed by atoms with van der Waals surface area (Å²) >= 11 is 0.